The Labute approximate surface area is 108 Å². The van der Waals surface area contributed by atoms with Crippen LogP contribution in [0.4, 0.5) is 30.7 Å². The van der Waals surface area contributed by atoms with E-state index in [4.69, 9.17) is 0 Å². The Balaban J connectivity index is 3.21. The van der Waals surface area contributed by atoms with Gasteiger partial charge in [-0.1, -0.05) is 4.43 Å². The molecule has 0 aromatic heterocycles. The van der Waals surface area contributed by atoms with Gasteiger partial charge < -0.3 is 0 Å². The van der Waals surface area contributed by atoms with E-state index in [9.17, 15) is 30.7 Å². The Hall–Kier alpha value is -1.26. The van der Waals surface area contributed by atoms with E-state index in [1.807, 2.05) is 0 Å². The van der Waals surface area contributed by atoms with E-state index in [-0.39, 0.29) is 0 Å². The van der Waals surface area contributed by atoms with Crippen molar-refractivity contribution < 1.29 is 30.7 Å². The predicted molar refractivity (Wildman–Crippen MR) is 54.9 cm³/mol. The first-order chi connectivity index (χ1) is 8.82. The number of halogens is 7. The van der Waals surface area contributed by atoms with Crippen LogP contribution in [0, 0.1) is 40.7 Å². The lowest BCUT2D eigenvalue weighted by molar-refractivity contribution is 0.411. The molecule has 0 fully saturated rings. The van der Waals surface area contributed by atoms with Gasteiger partial charge in [-0.3, -0.25) is 0 Å². The van der Waals surface area contributed by atoms with E-state index in [1.54, 1.807) is 0 Å². The summed E-state index contributed by atoms with van der Waals surface area (Å²) in [5.74, 6) is -13.0. The molecule has 0 nitrogen and oxygen atoms in total. The zero-order chi connectivity index (χ0) is 14.5. The largest absolute Gasteiger partial charge is 0.253 e. The molecule has 0 unspecified atom stereocenters. The van der Waals surface area contributed by atoms with E-state index in [0.717, 1.165) is 0 Å². The van der Waals surface area contributed by atoms with Gasteiger partial charge in [0.2, 0.25) is 0 Å². The van der Waals surface area contributed by atoms with Crippen molar-refractivity contribution in [3.8, 4) is 0 Å². The van der Waals surface area contributed by atoms with E-state index < -0.39 is 71.1 Å². The van der Waals surface area contributed by atoms with Gasteiger partial charge in [-0.05, 0) is 0 Å². The van der Waals surface area contributed by atoms with E-state index in [1.165, 1.54) is 5.79 Å². The van der Waals surface area contributed by atoms with Crippen LogP contribution in [0.15, 0.2) is 0 Å². The van der Waals surface area contributed by atoms with Gasteiger partial charge in [-0.25, -0.2) is 30.7 Å². The molecule has 0 amide bonds. The molecular formula is C11H3AlF7. The fourth-order valence-electron chi connectivity index (χ4n) is 1.80. The number of rotatable bonds is 1. The summed E-state index contributed by atoms with van der Waals surface area (Å²) in [4.78, 5) is 0. The van der Waals surface area contributed by atoms with E-state index in [2.05, 4.69) is 0 Å². The average molecular weight is 295 g/mol. The van der Waals surface area contributed by atoms with Crippen LogP contribution in [0.3, 0.4) is 0 Å². The molecule has 8 heteroatoms. The molecule has 0 saturated carbocycles. The lowest BCUT2D eigenvalue weighted by Crippen LogP contribution is -2.23. The fraction of sp³-hybridized carbons (Fsp3) is 0.0909. The number of hydrogen-bond acceptors (Lipinski definition) is 0. The molecule has 0 heterocycles. The number of benzene rings is 2. The zero-order valence-electron chi connectivity index (χ0n) is 9.22. The maximum absolute atomic E-state index is 13.6. The first-order valence-corrected chi connectivity index (χ1v) is 6.67. The van der Waals surface area contributed by atoms with Crippen LogP contribution in [0.25, 0.3) is 10.8 Å². The number of hydrogen-bond donors (Lipinski definition) is 0. The van der Waals surface area contributed by atoms with Crippen molar-refractivity contribution in [1.82, 2.24) is 0 Å². The van der Waals surface area contributed by atoms with Gasteiger partial charge in [0.1, 0.15) is 5.82 Å². The molecule has 99 valence electrons. The van der Waals surface area contributed by atoms with Gasteiger partial charge >= 0.3 is 0 Å². The smallest absolute Gasteiger partial charge is 0.205 e. The van der Waals surface area contributed by atoms with Crippen LogP contribution in [-0.4, -0.2) is 15.2 Å². The standard InChI is InChI=1S/C10F7.CH3.Al/c11-3-1-2-4(7(14)6(3)13)8(15)10(17)9(16)5(2)12;;/h;1H3;. The number of fused-ring (bicyclic) bond motifs is 1. The Morgan fingerprint density at radius 1 is 0.526 bits per heavy atom. The minimum atomic E-state index is -2.27. The molecule has 2 rings (SSSR count). The monoisotopic (exact) mass is 295 g/mol. The summed E-state index contributed by atoms with van der Waals surface area (Å²) in [6.07, 6.45) is 0. The van der Waals surface area contributed by atoms with Crippen LogP contribution in [0.5, 0.6) is 0 Å². The highest BCUT2D eigenvalue weighted by atomic mass is 27.1. The lowest BCUT2D eigenvalue weighted by atomic mass is 10.1. The normalized spacial score (nSPS) is 11.2. The summed E-state index contributed by atoms with van der Waals surface area (Å²) < 4.78 is 92.5. The van der Waals surface area contributed by atoms with Crippen LogP contribution in [0.2, 0.25) is 5.79 Å². The van der Waals surface area contributed by atoms with Crippen molar-refractivity contribution >= 4 is 30.4 Å². The van der Waals surface area contributed by atoms with E-state index in [0.29, 0.717) is 0 Å². The molecule has 2 aromatic carbocycles. The van der Waals surface area contributed by atoms with Crippen LogP contribution in [-0.2, 0) is 0 Å². The molecule has 0 aliphatic heterocycles. The lowest BCUT2D eigenvalue weighted by Gasteiger charge is -2.12. The highest BCUT2D eigenvalue weighted by Gasteiger charge is 2.29. The molecule has 0 N–H and O–H groups in total. The van der Waals surface area contributed by atoms with Crippen molar-refractivity contribution in [3.05, 3.63) is 40.7 Å². The zero-order valence-corrected chi connectivity index (χ0v) is 10.4. The van der Waals surface area contributed by atoms with Gasteiger partial charge in [0.15, 0.2) is 34.9 Å². The van der Waals surface area contributed by atoms with Gasteiger partial charge in [0, 0.05) is 5.39 Å². The molecule has 2 aromatic rings. The topological polar surface area (TPSA) is 0 Å². The highest BCUT2D eigenvalue weighted by Crippen LogP contribution is 2.30. The average Bonchev–Trinajstić information content (AvgIpc) is 2.40. The van der Waals surface area contributed by atoms with Crippen molar-refractivity contribution in [2.24, 2.45) is 0 Å². The van der Waals surface area contributed by atoms with Crippen LogP contribution in [0.1, 0.15) is 0 Å². The van der Waals surface area contributed by atoms with E-state index >= 15 is 0 Å². The predicted octanol–water partition coefficient (Wildman–Crippen LogP) is 3.19. The quantitative estimate of drug-likeness (QED) is 0.328. The Morgan fingerprint density at radius 3 is 1.32 bits per heavy atom. The minimum absolute atomic E-state index is 0.677. The molecule has 0 aliphatic carbocycles. The fourth-order valence-corrected chi connectivity index (χ4v) is 2.74. The van der Waals surface area contributed by atoms with Gasteiger partial charge in [-0.15, -0.1) is 5.79 Å². The summed E-state index contributed by atoms with van der Waals surface area (Å²) in [5, 5.41) is -2.51. The van der Waals surface area contributed by atoms with Crippen molar-refractivity contribution in [2.45, 2.75) is 5.79 Å². The third-order valence-electron chi connectivity index (χ3n) is 2.67. The molecule has 0 saturated heterocycles. The molecule has 1 radical (unpaired) electrons. The maximum Gasteiger partial charge on any atom is 0.253 e. The summed E-state index contributed by atoms with van der Waals surface area (Å²) in [7, 11) is 0. The Kier molecular flexibility index (Phi) is 3.50. The van der Waals surface area contributed by atoms with Crippen molar-refractivity contribution in [3.63, 3.8) is 0 Å². The molecule has 0 aliphatic rings. The summed E-state index contributed by atoms with van der Waals surface area (Å²) in [6, 6.07) is 0. The van der Waals surface area contributed by atoms with Gasteiger partial charge in [0.05, 0.1) is 5.39 Å². The second-order valence-corrected chi connectivity index (χ2v) is 4.80. The minimum Gasteiger partial charge on any atom is -0.205 e. The SMILES string of the molecule is [CH3][Al][c]1c(F)c(F)c(F)c2c(F)c(F)c(F)c(F)c12. The third kappa shape index (κ3) is 1.82. The molecule has 0 bridgehead atoms. The highest BCUT2D eigenvalue weighted by molar-refractivity contribution is 6.56. The van der Waals surface area contributed by atoms with Crippen LogP contribution >= 0.6 is 0 Å². The molecule has 0 atom stereocenters. The van der Waals surface area contributed by atoms with Gasteiger partial charge in [0.25, 0.3) is 15.2 Å². The Bertz CT molecular complexity index is 688. The summed E-state index contributed by atoms with van der Waals surface area (Å²) in [6.45, 7) is 0. The molecule has 0 spiro atoms. The second kappa shape index (κ2) is 4.69. The first-order valence-electron chi connectivity index (χ1n) is 4.94. The second-order valence-electron chi connectivity index (χ2n) is 3.65. The van der Waals surface area contributed by atoms with Crippen molar-refractivity contribution in [1.29, 1.82) is 0 Å². The third-order valence-corrected chi connectivity index (χ3v) is 3.79. The maximum atomic E-state index is 13.6. The summed E-state index contributed by atoms with van der Waals surface area (Å²) >= 11 is -1.13. The van der Waals surface area contributed by atoms with Gasteiger partial charge in [-0.2, -0.15) is 0 Å². The molecular weight excluding hydrogens is 292 g/mol. The molecule has 19 heavy (non-hydrogen) atoms. The summed E-state index contributed by atoms with van der Waals surface area (Å²) in [5.41, 5.74) is 0. The van der Waals surface area contributed by atoms with Crippen LogP contribution < -0.4 is 4.43 Å². The Morgan fingerprint density at radius 2 is 0.895 bits per heavy atom. The van der Waals surface area contributed by atoms with Crippen molar-refractivity contribution in [2.75, 3.05) is 0 Å². The first kappa shape index (κ1) is 14.2.